The zero-order valence-corrected chi connectivity index (χ0v) is 7.23. The molecule has 1 aromatic heterocycles. The van der Waals surface area contributed by atoms with Crippen LogP contribution in [0, 0.1) is 11.3 Å². The van der Waals surface area contributed by atoms with Gasteiger partial charge in [0.25, 0.3) is 0 Å². The van der Waals surface area contributed by atoms with Gasteiger partial charge in [0.1, 0.15) is 17.5 Å². The van der Waals surface area contributed by atoms with Crippen molar-refractivity contribution >= 4 is 0 Å². The number of aromatic nitrogens is 1. The molecule has 0 atom stereocenters. The topological polar surface area (TPSA) is 45.9 Å². The molecule has 1 rings (SSSR count). The van der Waals surface area contributed by atoms with Crippen molar-refractivity contribution in [3.8, 4) is 11.8 Å². The van der Waals surface area contributed by atoms with Crippen molar-refractivity contribution in [1.82, 2.24) is 4.98 Å². The first-order valence-electron chi connectivity index (χ1n) is 3.96. The number of ether oxygens (including phenoxy) is 1. The number of pyridine rings is 1. The molecule has 3 heteroatoms. The summed E-state index contributed by atoms with van der Waals surface area (Å²) in [4.78, 5) is 3.86. The number of hydrogen-bond acceptors (Lipinski definition) is 3. The Morgan fingerprint density at radius 1 is 1.62 bits per heavy atom. The lowest BCUT2D eigenvalue weighted by Crippen LogP contribution is -1.96. The normalized spacial score (nSPS) is 8.85. The van der Waals surface area contributed by atoms with Crippen LogP contribution in [0.1, 0.15) is 12.1 Å². The summed E-state index contributed by atoms with van der Waals surface area (Å²) in [5, 5.41) is 8.48. The van der Waals surface area contributed by atoms with Crippen LogP contribution in [0.3, 0.4) is 0 Å². The Morgan fingerprint density at radius 2 is 2.46 bits per heavy atom. The van der Waals surface area contributed by atoms with Crippen LogP contribution in [0.25, 0.3) is 0 Å². The maximum atomic E-state index is 8.48. The van der Waals surface area contributed by atoms with Gasteiger partial charge in [0, 0.05) is 0 Å². The maximum Gasteiger partial charge on any atom is 0.140 e. The first-order valence-corrected chi connectivity index (χ1v) is 3.96. The SMILES string of the molecule is C=CCCOc1ccc(C#N)nc1. The highest BCUT2D eigenvalue weighted by Gasteiger charge is 1.94. The summed E-state index contributed by atoms with van der Waals surface area (Å²) < 4.78 is 5.30. The van der Waals surface area contributed by atoms with Crippen LogP contribution in [0.2, 0.25) is 0 Å². The highest BCUT2D eigenvalue weighted by molar-refractivity contribution is 5.26. The molecule has 0 saturated heterocycles. The molecule has 3 nitrogen and oxygen atoms in total. The Labute approximate surface area is 77.3 Å². The quantitative estimate of drug-likeness (QED) is 0.517. The molecule has 0 aliphatic heterocycles. The van der Waals surface area contributed by atoms with E-state index in [1.54, 1.807) is 24.4 Å². The van der Waals surface area contributed by atoms with Gasteiger partial charge in [-0.25, -0.2) is 4.98 Å². The third-order valence-electron chi connectivity index (χ3n) is 1.44. The van der Waals surface area contributed by atoms with Crippen LogP contribution in [0.4, 0.5) is 0 Å². The van der Waals surface area contributed by atoms with Gasteiger partial charge in [0.2, 0.25) is 0 Å². The number of nitrogens with zero attached hydrogens (tertiary/aromatic N) is 2. The van der Waals surface area contributed by atoms with E-state index in [0.717, 1.165) is 6.42 Å². The highest BCUT2D eigenvalue weighted by atomic mass is 16.5. The fourth-order valence-corrected chi connectivity index (χ4v) is 0.792. The minimum Gasteiger partial charge on any atom is -0.492 e. The Morgan fingerprint density at radius 3 is 3.00 bits per heavy atom. The lowest BCUT2D eigenvalue weighted by Gasteiger charge is -2.02. The molecule has 0 N–H and O–H groups in total. The van der Waals surface area contributed by atoms with E-state index in [2.05, 4.69) is 11.6 Å². The highest BCUT2D eigenvalue weighted by Crippen LogP contribution is 2.08. The molecular weight excluding hydrogens is 164 g/mol. The summed E-state index contributed by atoms with van der Waals surface area (Å²) >= 11 is 0. The van der Waals surface area contributed by atoms with E-state index < -0.39 is 0 Å². The molecule has 0 unspecified atom stereocenters. The molecule has 0 aliphatic carbocycles. The Kier molecular flexibility index (Phi) is 3.52. The van der Waals surface area contributed by atoms with E-state index in [4.69, 9.17) is 10.00 Å². The third-order valence-corrected chi connectivity index (χ3v) is 1.44. The molecule has 0 fully saturated rings. The van der Waals surface area contributed by atoms with Gasteiger partial charge in [-0.05, 0) is 18.6 Å². The molecule has 0 spiro atoms. The van der Waals surface area contributed by atoms with Crippen molar-refractivity contribution in [1.29, 1.82) is 5.26 Å². The molecule has 0 aliphatic rings. The van der Waals surface area contributed by atoms with Crippen molar-refractivity contribution in [2.45, 2.75) is 6.42 Å². The lowest BCUT2D eigenvalue weighted by atomic mass is 10.3. The molecule has 0 aromatic carbocycles. The van der Waals surface area contributed by atoms with E-state index in [9.17, 15) is 0 Å². The van der Waals surface area contributed by atoms with Crippen molar-refractivity contribution in [3.63, 3.8) is 0 Å². The van der Waals surface area contributed by atoms with Crippen molar-refractivity contribution in [3.05, 3.63) is 36.7 Å². The van der Waals surface area contributed by atoms with E-state index >= 15 is 0 Å². The molecule has 0 radical (unpaired) electrons. The van der Waals surface area contributed by atoms with Gasteiger partial charge in [-0.15, -0.1) is 6.58 Å². The smallest absolute Gasteiger partial charge is 0.140 e. The molecule has 66 valence electrons. The van der Waals surface area contributed by atoms with E-state index in [-0.39, 0.29) is 0 Å². The summed E-state index contributed by atoms with van der Waals surface area (Å²) in [5.74, 6) is 0.681. The first kappa shape index (κ1) is 9.27. The summed E-state index contributed by atoms with van der Waals surface area (Å²) in [6, 6.07) is 5.30. The zero-order chi connectivity index (χ0) is 9.52. The van der Waals surface area contributed by atoms with Crippen LogP contribution in [-0.2, 0) is 0 Å². The van der Waals surface area contributed by atoms with Gasteiger partial charge in [0.05, 0.1) is 12.8 Å². The minimum atomic E-state index is 0.399. The fraction of sp³-hybridized carbons (Fsp3) is 0.200. The third kappa shape index (κ3) is 2.96. The average Bonchev–Trinajstić information content (AvgIpc) is 2.19. The standard InChI is InChI=1S/C10H10N2O/c1-2-3-6-13-10-5-4-9(7-11)12-8-10/h2,4-5,8H,1,3,6H2. The Hall–Kier alpha value is -1.82. The van der Waals surface area contributed by atoms with Crippen LogP contribution in [0.5, 0.6) is 5.75 Å². The van der Waals surface area contributed by atoms with Crippen molar-refractivity contribution in [2.24, 2.45) is 0 Å². The second-order valence-corrected chi connectivity index (χ2v) is 2.42. The average molecular weight is 174 g/mol. The fourth-order valence-electron chi connectivity index (χ4n) is 0.792. The number of hydrogen-bond donors (Lipinski definition) is 0. The van der Waals surface area contributed by atoms with E-state index in [1.807, 2.05) is 6.07 Å². The maximum absolute atomic E-state index is 8.48. The van der Waals surface area contributed by atoms with Crippen LogP contribution in [0.15, 0.2) is 31.0 Å². The summed E-state index contributed by atoms with van der Waals surface area (Å²) in [7, 11) is 0. The largest absolute Gasteiger partial charge is 0.492 e. The summed E-state index contributed by atoms with van der Waals surface area (Å²) in [5.41, 5.74) is 0.399. The molecule has 1 heterocycles. The van der Waals surface area contributed by atoms with E-state index in [0.29, 0.717) is 18.1 Å². The van der Waals surface area contributed by atoms with Gasteiger partial charge in [0.15, 0.2) is 0 Å². The Balaban J connectivity index is 2.50. The molecule has 0 amide bonds. The predicted molar refractivity (Wildman–Crippen MR) is 49.3 cm³/mol. The lowest BCUT2D eigenvalue weighted by molar-refractivity contribution is 0.323. The summed E-state index contributed by atoms with van der Waals surface area (Å²) in [6.45, 7) is 4.17. The minimum absolute atomic E-state index is 0.399. The van der Waals surface area contributed by atoms with Gasteiger partial charge in [-0.2, -0.15) is 5.26 Å². The monoisotopic (exact) mass is 174 g/mol. The second-order valence-electron chi connectivity index (χ2n) is 2.42. The second kappa shape index (κ2) is 4.94. The van der Waals surface area contributed by atoms with Crippen molar-refractivity contribution in [2.75, 3.05) is 6.61 Å². The van der Waals surface area contributed by atoms with Crippen LogP contribution >= 0.6 is 0 Å². The molecule has 0 bridgehead atoms. The number of rotatable bonds is 4. The van der Waals surface area contributed by atoms with Gasteiger partial charge in [-0.1, -0.05) is 6.08 Å². The molecular formula is C10H10N2O. The van der Waals surface area contributed by atoms with Crippen LogP contribution < -0.4 is 4.74 Å². The molecule has 13 heavy (non-hydrogen) atoms. The molecule has 1 aromatic rings. The summed E-state index contributed by atoms with van der Waals surface area (Å²) in [6.07, 6.45) is 4.14. The van der Waals surface area contributed by atoms with Crippen molar-refractivity contribution < 1.29 is 4.74 Å². The van der Waals surface area contributed by atoms with E-state index in [1.165, 1.54) is 0 Å². The molecule has 0 saturated carbocycles. The van der Waals surface area contributed by atoms with Gasteiger partial charge < -0.3 is 4.74 Å². The first-order chi connectivity index (χ1) is 6.36. The van der Waals surface area contributed by atoms with Gasteiger partial charge >= 0.3 is 0 Å². The predicted octanol–water partition coefficient (Wildman–Crippen LogP) is 1.91. The zero-order valence-electron chi connectivity index (χ0n) is 7.23. The Bertz CT molecular complexity index is 311. The van der Waals surface area contributed by atoms with Gasteiger partial charge in [-0.3, -0.25) is 0 Å². The number of nitriles is 1. The van der Waals surface area contributed by atoms with Crippen LogP contribution in [-0.4, -0.2) is 11.6 Å².